The molecule has 21 heavy (non-hydrogen) atoms. The summed E-state index contributed by atoms with van der Waals surface area (Å²) in [7, 11) is 0. The SMILES string of the molecule is CC(CC(=O)NCCc1ccccc1C(=O)O)C(C)(C)C. The zero-order valence-corrected chi connectivity index (χ0v) is 13.3. The van der Waals surface area contributed by atoms with E-state index in [0.29, 0.717) is 30.9 Å². The highest BCUT2D eigenvalue weighted by Gasteiger charge is 2.22. The van der Waals surface area contributed by atoms with Crippen LogP contribution in [0.4, 0.5) is 0 Å². The first-order valence-electron chi connectivity index (χ1n) is 7.29. The summed E-state index contributed by atoms with van der Waals surface area (Å²) in [5.41, 5.74) is 1.15. The molecule has 0 aliphatic rings. The van der Waals surface area contributed by atoms with Gasteiger partial charge in [-0.1, -0.05) is 45.9 Å². The predicted molar refractivity (Wildman–Crippen MR) is 83.4 cm³/mol. The molecule has 1 unspecified atom stereocenters. The van der Waals surface area contributed by atoms with Crippen molar-refractivity contribution in [3.05, 3.63) is 35.4 Å². The topological polar surface area (TPSA) is 66.4 Å². The van der Waals surface area contributed by atoms with E-state index in [9.17, 15) is 9.59 Å². The third kappa shape index (κ3) is 5.58. The Kier molecular flexibility index (Phi) is 5.94. The second-order valence-corrected chi connectivity index (χ2v) is 6.53. The van der Waals surface area contributed by atoms with Crippen molar-refractivity contribution in [1.82, 2.24) is 5.32 Å². The van der Waals surface area contributed by atoms with Crippen molar-refractivity contribution in [2.24, 2.45) is 11.3 Å². The van der Waals surface area contributed by atoms with Gasteiger partial charge in [0.05, 0.1) is 5.56 Å². The number of rotatable bonds is 6. The number of amides is 1. The molecule has 2 N–H and O–H groups in total. The van der Waals surface area contributed by atoms with E-state index in [1.54, 1.807) is 18.2 Å². The van der Waals surface area contributed by atoms with Crippen molar-refractivity contribution in [2.45, 2.75) is 40.5 Å². The number of hydrogen-bond donors (Lipinski definition) is 2. The number of hydrogen-bond acceptors (Lipinski definition) is 2. The van der Waals surface area contributed by atoms with Gasteiger partial charge in [-0.05, 0) is 29.4 Å². The quantitative estimate of drug-likeness (QED) is 0.846. The Morgan fingerprint density at radius 2 is 1.86 bits per heavy atom. The van der Waals surface area contributed by atoms with E-state index in [4.69, 9.17) is 5.11 Å². The molecule has 0 fully saturated rings. The number of benzene rings is 1. The fraction of sp³-hybridized carbons (Fsp3) is 0.529. The molecular formula is C17H25NO3. The minimum atomic E-state index is -0.932. The van der Waals surface area contributed by atoms with Crippen molar-refractivity contribution in [3.8, 4) is 0 Å². The Bertz CT molecular complexity index is 503. The number of nitrogens with one attached hydrogen (secondary N) is 1. The van der Waals surface area contributed by atoms with Crippen molar-refractivity contribution < 1.29 is 14.7 Å². The second-order valence-electron chi connectivity index (χ2n) is 6.53. The van der Waals surface area contributed by atoms with Gasteiger partial charge in [-0.2, -0.15) is 0 Å². The van der Waals surface area contributed by atoms with Crippen LogP contribution in [0.25, 0.3) is 0 Å². The summed E-state index contributed by atoms with van der Waals surface area (Å²) in [6, 6.07) is 6.89. The maximum atomic E-state index is 11.9. The van der Waals surface area contributed by atoms with Gasteiger partial charge < -0.3 is 10.4 Å². The number of aromatic carboxylic acids is 1. The highest BCUT2D eigenvalue weighted by molar-refractivity contribution is 5.89. The van der Waals surface area contributed by atoms with Crippen LogP contribution in [0.2, 0.25) is 0 Å². The van der Waals surface area contributed by atoms with Gasteiger partial charge in [0.1, 0.15) is 0 Å². The molecule has 1 aromatic carbocycles. The van der Waals surface area contributed by atoms with Crippen LogP contribution in [0, 0.1) is 11.3 Å². The Morgan fingerprint density at radius 1 is 1.24 bits per heavy atom. The van der Waals surface area contributed by atoms with Crippen LogP contribution in [0.5, 0.6) is 0 Å². The zero-order chi connectivity index (χ0) is 16.0. The zero-order valence-electron chi connectivity index (χ0n) is 13.3. The molecule has 0 saturated heterocycles. The first-order valence-corrected chi connectivity index (χ1v) is 7.29. The van der Waals surface area contributed by atoms with Gasteiger partial charge in [0.2, 0.25) is 5.91 Å². The molecule has 0 aromatic heterocycles. The number of carboxylic acids is 1. The Balaban J connectivity index is 2.47. The van der Waals surface area contributed by atoms with E-state index in [2.05, 4.69) is 33.0 Å². The van der Waals surface area contributed by atoms with Crippen LogP contribution < -0.4 is 5.32 Å². The molecule has 1 aromatic rings. The maximum absolute atomic E-state index is 11.9. The fourth-order valence-corrected chi connectivity index (χ4v) is 1.94. The highest BCUT2D eigenvalue weighted by atomic mass is 16.4. The van der Waals surface area contributed by atoms with E-state index in [1.807, 2.05) is 6.07 Å². The largest absolute Gasteiger partial charge is 0.478 e. The Hall–Kier alpha value is -1.84. The Morgan fingerprint density at radius 3 is 2.43 bits per heavy atom. The molecule has 116 valence electrons. The molecular weight excluding hydrogens is 266 g/mol. The molecule has 1 amide bonds. The second kappa shape index (κ2) is 7.25. The van der Waals surface area contributed by atoms with E-state index < -0.39 is 5.97 Å². The normalized spacial score (nSPS) is 12.8. The van der Waals surface area contributed by atoms with Gasteiger partial charge in [0.15, 0.2) is 0 Å². The van der Waals surface area contributed by atoms with Gasteiger partial charge in [0, 0.05) is 13.0 Å². The lowest BCUT2D eigenvalue weighted by Crippen LogP contribution is -2.30. The van der Waals surface area contributed by atoms with Crippen LogP contribution in [-0.4, -0.2) is 23.5 Å². The summed E-state index contributed by atoms with van der Waals surface area (Å²) < 4.78 is 0. The molecule has 4 nitrogen and oxygen atoms in total. The molecule has 0 heterocycles. The highest BCUT2D eigenvalue weighted by Crippen LogP contribution is 2.27. The predicted octanol–water partition coefficient (Wildman–Crippen LogP) is 3.12. The summed E-state index contributed by atoms with van der Waals surface area (Å²) >= 11 is 0. The van der Waals surface area contributed by atoms with Gasteiger partial charge >= 0.3 is 5.97 Å². The summed E-state index contributed by atoms with van der Waals surface area (Å²) in [5, 5.41) is 12.0. The molecule has 4 heteroatoms. The first kappa shape index (κ1) is 17.2. The van der Waals surface area contributed by atoms with Crippen molar-refractivity contribution in [2.75, 3.05) is 6.54 Å². The molecule has 0 bridgehead atoms. The molecule has 0 saturated carbocycles. The molecule has 0 spiro atoms. The molecule has 1 atom stereocenters. The lowest BCUT2D eigenvalue weighted by atomic mass is 9.80. The summed E-state index contributed by atoms with van der Waals surface area (Å²) in [5.74, 6) is -0.618. The maximum Gasteiger partial charge on any atom is 0.335 e. The van der Waals surface area contributed by atoms with E-state index >= 15 is 0 Å². The van der Waals surface area contributed by atoms with Gasteiger partial charge in [-0.15, -0.1) is 0 Å². The van der Waals surface area contributed by atoms with Crippen LogP contribution in [0.3, 0.4) is 0 Å². The van der Waals surface area contributed by atoms with Crippen LogP contribution in [0.1, 0.15) is 50.0 Å². The molecule has 0 radical (unpaired) electrons. The third-order valence-corrected chi connectivity index (χ3v) is 3.93. The average molecular weight is 291 g/mol. The lowest BCUT2D eigenvalue weighted by Gasteiger charge is -2.26. The fourth-order valence-electron chi connectivity index (χ4n) is 1.94. The van der Waals surface area contributed by atoms with Crippen LogP contribution in [0.15, 0.2) is 24.3 Å². The van der Waals surface area contributed by atoms with Crippen LogP contribution in [-0.2, 0) is 11.2 Å². The summed E-state index contributed by atoms with van der Waals surface area (Å²) in [6.07, 6.45) is 1.02. The van der Waals surface area contributed by atoms with Crippen molar-refractivity contribution >= 4 is 11.9 Å². The monoisotopic (exact) mass is 291 g/mol. The van der Waals surface area contributed by atoms with E-state index in [1.165, 1.54) is 0 Å². The first-order chi connectivity index (χ1) is 9.71. The summed E-state index contributed by atoms with van der Waals surface area (Å²) in [4.78, 5) is 23.0. The summed E-state index contributed by atoms with van der Waals surface area (Å²) in [6.45, 7) is 8.88. The number of carbonyl (C=O) groups is 2. The van der Waals surface area contributed by atoms with E-state index in [0.717, 1.165) is 5.56 Å². The molecule has 0 aliphatic carbocycles. The van der Waals surface area contributed by atoms with Gasteiger partial charge in [-0.3, -0.25) is 4.79 Å². The minimum absolute atomic E-state index is 0.0187. The van der Waals surface area contributed by atoms with Gasteiger partial charge in [0.25, 0.3) is 0 Å². The number of carboxylic acid groups (broad SMARTS) is 1. The Labute approximate surface area is 126 Å². The minimum Gasteiger partial charge on any atom is -0.478 e. The van der Waals surface area contributed by atoms with Crippen molar-refractivity contribution in [1.29, 1.82) is 0 Å². The lowest BCUT2D eigenvalue weighted by molar-refractivity contribution is -0.122. The average Bonchev–Trinajstić information content (AvgIpc) is 2.37. The molecule has 1 rings (SSSR count). The van der Waals surface area contributed by atoms with Crippen LogP contribution >= 0.6 is 0 Å². The standard InChI is InChI=1S/C17H25NO3/c1-12(17(2,3)4)11-15(19)18-10-9-13-7-5-6-8-14(13)16(20)21/h5-8,12H,9-11H2,1-4H3,(H,18,19)(H,20,21). The van der Waals surface area contributed by atoms with E-state index in [-0.39, 0.29) is 11.3 Å². The number of carbonyl (C=O) groups excluding carboxylic acids is 1. The third-order valence-electron chi connectivity index (χ3n) is 3.93. The molecule has 0 aliphatic heterocycles. The van der Waals surface area contributed by atoms with Crippen molar-refractivity contribution in [3.63, 3.8) is 0 Å². The van der Waals surface area contributed by atoms with Gasteiger partial charge in [-0.25, -0.2) is 4.79 Å². The smallest absolute Gasteiger partial charge is 0.335 e.